The molecule has 1 aromatic heterocycles. The van der Waals surface area contributed by atoms with Gasteiger partial charge in [0, 0.05) is 37.0 Å². The number of hydrogen-bond acceptors (Lipinski definition) is 5. The van der Waals surface area contributed by atoms with Gasteiger partial charge in [0.15, 0.2) is 11.6 Å². The molecular weight excluding hydrogens is 494 g/mol. The maximum Gasteiger partial charge on any atom is 0.227 e. The lowest BCUT2D eigenvalue weighted by atomic mass is 9.78. The molecule has 1 heterocycles. The SMILES string of the molecule is COCCNCCc1ccc(Nc2ncc3c(n2)-c2ccccc2C(c2ccc(F)c(F)c2)C3)cc1.Cl. The number of fused-ring (bicyclic) bond motifs is 3. The zero-order valence-corrected chi connectivity index (χ0v) is 21.3. The molecule has 0 bridgehead atoms. The van der Waals surface area contributed by atoms with Crippen LogP contribution in [0.25, 0.3) is 11.3 Å². The van der Waals surface area contributed by atoms with E-state index >= 15 is 0 Å². The number of hydrogen-bond donors (Lipinski definition) is 2. The van der Waals surface area contributed by atoms with Gasteiger partial charge in [-0.05, 0) is 65.9 Å². The van der Waals surface area contributed by atoms with Gasteiger partial charge in [0.05, 0.1) is 12.3 Å². The van der Waals surface area contributed by atoms with Crippen molar-refractivity contribution in [3.8, 4) is 11.3 Å². The van der Waals surface area contributed by atoms with Crippen LogP contribution in [0.4, 0.5) is 20.4 Å². The second-order valence-corrected chi connectivity index (χ2v) is 8.90. The molecule has 0 saturated carbocycles. The number of rotatable bonds is 9. The van der Waals surface area contributed by atoms with Crippen LogP contribution in [0.1, 0.15) is 28.2 Å². The molecular formula is C29H29ClF2N4O. The zero-order chi connectivity index (χ0) is 24.9. The standard InChI is InChI=1S/C29H28F2N4O.ClH/c1-36-15-14-32-13-12-19-6-9-22(10-7-19)34-29-33-18-21-16-25(20-8-11-26(30)27(31)17-20)23-4-2-3-5-24(23)28(21)35-29;/h2-11,17-18,25,32H,12-16H2,1H3,(H,33,34,35);1H. The van der Waals surface area contributed by atoms with Gasteiger partial charge in [-0.15, -0.1) is 12.4 Å². The van der Waals surface area contributed by atoms with Gasteiger partial charge in [-0.25, -0.2) is 18.7 Å². The molecule has 8 heteroatoms. The Morgan fingerprint density at radius 2 is 1.78 bits per heavy atom. The summed E-state index contributed by atoms with van der Waals surface area (Å²) in [5.74, 6) is -1.25. The molecule has 0 amide bonds. The van der Waals surface area contributed by atoms with Crippen molar-refractivity contribution < 1.29 is 13.5 Å². The quantitative estimate of drug-likeness (QED) is 0.262. The Kier molecular flexibility index (Phi) is 8.82. The Labute approximate surface area is 221 Å². The molecule has 0 aliphatic heterocycles. The summed E-state index contributed by atoms with van der Waals surface area (Å²) in [6.45, 7) is 2.45. The van der Waals surface area contributed by atoms with E-state index in [1.807, 2.05) is 42.6 Å². The van der Waals surface area contributed by atoms with E-state index in [2.05, 4.69) is 27.8 Å². The molecule has 0 radical (unpaired) electrons. The summed E-state index contributed by atoms with van der Waals surface area (Å²) < 4.78 is 32.6. The Bertz CT molecular complexity index is 1350. The first-order chi connectivity index (χ1) is 17.6. The maximum atomic E-state index is 14.0. The minimum Gasteiger partial charge on any atom is -0.383 e. The molecule has 0 fully saturated rings. The number of benzene rings is 3. The van der Waals surface area contributed by atoms with Crippen LogP contribution in [-0.4, -0.2) is 36.8 Å². The molecule has 192 valence electrons. The van der Waals surface area contributed by atoms with Crippen LogP contribution in [0.5, 0.6) is 0 Å². The minimum atomic E-state index is -0.839. The van der Waals surface area contributed by atoms with Gasteiger partial charge in [-0.1, -0.05) is 42.5 Å². The fraction of sp³-hybridized carbons (Fsp3) is 0.241. The second-order valence-electron chi connectivity index (χ2n) is 8.90. The molecule has 1 aliphatic carbocycles. The highest BCUT2D eigenvalue weighted by Crippen LogP contribution is 2.42. The van der Waals surface area contributed by atoms with Crippen molar-refractivity contribution in [3.63, 3.8) is 0 Å². The zero-order valence-electron chi connectivity index (χ0n) is 20.5. The van der Waals surface area contributed by atoms with Crippen molar-refractivity contribution in [3.05, 3.63) is 107 Å². The summed E-state index contributed by atoms with van der Waals surface area (Å²) in [5.41, 5.74) is 6.76. The van der Waals surface area contributed by atoms with E-state index in [9.17, 15) is 8.78 Å². The van der Waals surface area contributed by atoms with Crippen LogP contribution in [-0.2, 0) is 17.6 Å². The number of nitrogens with one attached hydrogen (secondary N) is 2. The van der Waals surface area contributed by atoms with Crippen molar-refractivity contribution in [1.82, 2.24) is 15.3 Å². The lowest BCUT2D eigenvalue weighted by Gasteiger charge is -2.27. The third-order valence-corrected chi connectivity index (χ3v) is 6.51. The van der Waals surface area contributed by atoms with Crippen molar-refractivity contribution in [2.45, 2.75) is 18.8 Å². The maximum absolute atomic E-state index is 14.0. The van der Waals surface area contributed by atoms with Gasteiger partial charge >= 0.3 is 0 Å². The van der Waals surface area contributed by atoms with Gasteiger partial charge < -0.3 is 15.4 Å². The molecule has 1 aliphatic rings. The van der Waals surface area contributed by atoms with E-state index in [1.54, 1.807) is 13.2 Å². The summed E-state index contributed by atoms with van der Waals surface area (Å²) >= 11 is 0. The first-order valence-electron chi connectivity index (χ1n) is 12.1. The van der Waals surface area contributed by atoms with Gasteiger partial charge in [-0.2, -0.15) is 0 Å². The van der Waals surface area contributed by atoms with Gasteiger partial charge in [-0.3, -0.25) is 0 Å². The molecule has 4 aromatic rings. The van der Waals surface area contributed by atoms with Gasteiger partial charge in [0.25, 0.3) is 0 Å². The smallest absolute Gasteiger partial charge is 0.227 e. The van der Waals surface area contributed by atoms with E-state index in [0.29, 0.717) is 19.0 Å². The largest absolute Gasteiger partial charge is 0.383 e. The van der Waals surface area contributed by atoms with E-state index in [-0.39, 0.29) is 18.3 Å². The molecule has 5 rings (SSSR count). The number of aromatic nitrogens is 2. The molecule has 0 saturated heterocycles. The molecule has 1 atom stereocenters. The van der Waals surface area contributed by atoms with Crippen LogP contribution in [0, 0.1) is 11.6 Å². The van der Waals surface area contributed by atoms with Gasteiger partial charge in [0.1, 0.15) is 0 Å². The molecule has 0 spiro atoms. The lowest BCUT2D eigenvalue weighted by Crippen LogP contribution is -2.21. The Balaban J connectivity index is 0.00000320. The Hall–Kier alpha value is -3.39. The number of nitrogens with zero attached hydrogens (tertiary/aromatic N) is 2. The lowest BCUT2D eigenvalue weighted by molar-refractivity contribution is 0.199. The van der Waals surface area contributed by atoms with Crippen molar-refractivity contribution >= 4 is 24.0 Å². The van der Waals surface area contributed by atoms with Crippen LogP contribution in [0.3, 0.4) is 0 Å². The highest BCUT2D eigenvalue weighted by atomic mass is 35.5. The highest BCUT2D eigenvalue weighted by Gasteiger charge is 2.28. The molecule has 2 N–H and O–H groups in total. The van der Waals surface area contributed by atoms with Crippen LogP contribution < -0.4 is 10.6 Å². The van der Waals surface area contributed by atoms with E-state index in [0.717, 1.165) is 53.1 Å². The number of ether oxygens (including phenoxy) is 1. The summed E-state index contributed by atoms with van der Waals surface area (Å²) in [7, 11) is 1.70. The topological polar surface area (TPSA) is 59.1 Å². The Morgan fingerprint density at radius 1 is 0.973 bits per heavy atom. The van der Waals surface area contributed by atoms with Crippen molar-refractivity contribution in [2.75, 3.05) is 32.1 Å². The van der Waals surface area contributed by atoms with Crippen LogP contribution >= 0.6 is 12.4 Å². The average Bonchev–Trinajstić information content (AvgIpc) is 2.91. The van der Waals surface area contributed by atoms with E-state index < -0.39 is 11.6 Å². The predicted octanol–water partition coefficient (Wildman–Crippen LogP) is 6.05. The molecule has 3 aromatic carbocycles. The number of halogens is 3. The first-order valence-corrected chi connectivity index (χ1v) is 12.1. The summed E-state index contributed by atoms with van der Waals surface area (Å²) in [6.07, 6.45) is 3.38. The van der Waals surface area contributed by atoms with E-state index in [1.165, 1.54) is 17.7 Å². The van der Waals surface area contributed by atoms with Crippen molar-refractivity contribution in [1.29, 1.82) is 0 Å². The normalized spacial score (nSPS) is 13.9. The number of methoxy groups -OCH3 is 1. The average molecular weight is 523 g/mol. The summed E-state index contributed by atoms with van der Waals surface area (Å²) in [5, 5.41) is 6.66. The third kappa shape index (κ3) is 6.13. The third-order valence-electron chi connectivity index (χ3n) is 6.51. The minimum absolute atomic E-state index is 0. The highest BCUT2D eigenvalue weighted by molar-refractivity contribution is 5.85. The molecule has 1 unspecified atom stereocenters. The molecule has 5 nitrogen and oxygen atoms in total. The monoisotopic (exact) mass is 522 g/mol. The summed E-state index contributed by atoms with van der Waals surface area (Å²) in [6, 6.07) is 20.4. The Morgan fingerprint density at radius 3 is 2.57 bits per heavy atom. The van der Waals surface area contributed by atoms with Crippen molar-refractivity contribution in [2.24, 2.45) is 0 Å². The van der Waals surface area contributed by atoms with Crippen LogP contribution in [0.2, 0.25) is 0 Å². The molecule has 37 heavy (non-hydrogen) atoms. The number of anilines is 2. The fourth-order valence-corrected chi connectivity index (χ4v) is 4.64. The van der Waals surface area contributed by atoms with Crippen LogP contribution in [0.15, 0.2) is 72.9 Å². The predicted molar refractivity (Wildman–Crippen MR) is 145 cm³/mol. The second kappa shape index (κ2) is 12.2. The van der Waals surface area contributed by atoms with E-state index in [4.69, 9.17) is 9.72 Å². The first kappa shape index (κ1) is 26.7. The summed E-state index contributed by atoms with van der Waals surface area (Å²) in [4.78, 5) is 9.37. The fourth-order valence-electron chi connectivity index (χ4n) is 4.64. The van der Waals surface area contributed by atoms with Gasteiger partial charge in [0.2, 0.25) is 5.95 Å².